The maximum Gasteiger partial charge on any atom is 0.263 e. The first kappa shape index (κ1) is 23.1. The molecule has 0 saturated heterocycles. The van der Waals surface area contributed by atoms with Crippen LogP contribution in [0.25, 0.3) is 22.0 Å². The molecule has 0 radical (unpaired) electrons. The second-order valence-corrected chi connectivity index (χ2v) is 11.4. The molecule has 5 aromatic rings. The van der Waals surface area contributed by atoms with Crippen LogP contribution < -0.4 is 10.0 Å². The molecule has 36 heavy (non-hydrogen) atoms. The van der Waals surface area contributed by atoms with Crippen molar-refractivity contribution in [1.29, 1.82) is 0 Å². The van der Waals surface area contributed by atoms with E-state index < -0.39 is 10.0 Å². The number of hydrogen-bond donors (Lipinski definition) is 2. The Bertz CT molecular complexity index is 1680. The average molecular weight is 537 g/mol. The van der Waals surface area contributed by atoms with Crippen LogP contribution in [0.5, 0.6) is 0 Å². The molecule has 2 aromatic heterocycles. The summed E-state index contributed by atoms with van der Waals surface area (Å²) < 4.78 is 33.7. The van der Waals surface area contributed by atoms with Crippen LogP contribution in [0, 0.1) is 0 Å². The Kier molecular flexibility index (Phi) is 5.96. The summed E-state index contributed by atoms with van der Waals surface area (Å²) in [6, 6.07) is 17.3. The lowest BCUT2D eigenvalue weighted by Crippen LogP contribution is -2.24. The van der Waals surface area contributed by atoms with E-state index in [2.05, 4.69) is 42.7 Å². The number of nitrogens with one attached hydrogen (secondary N) is 2. The fourth-order valence-electron chi connectivity index (χ4n) is 4.63. The van der Waals surface area contributed by atoms with Crippen LogP contribution >= 0.6 is 23.1 Å². The van der Waals surface area contributed by atoms with E-state index >= 15 is 0 Å². The summed E-state index contributed by atoms with van der Waals surface area (Å²) >= 11 is 7.41. The lowest BCUT2D eigenvalue weighted by molar-refractivity contribution is 0.601. The summed E-state index contributed by atoms with van der Waals surface area (Å²) in [6.07, 6.45) is 3.96. The van der Waals surface area contributed by atoms with Crippen LogP contribution in [0.1, 0.15) is 16.7 Å². The first-order valence-corrected chi connectivity index (χ1v) is 14.0. The summed E-state index contributed by atoms with van der Waals surface area (Å²) in [7, 11) is -3.78. The van der Waals surface area contributed by atoms with E-state index in [0.717, 1.165) is 53.1 Å². The molecule has 0 aliphatic carbocycles. The zero-order chi connectivity index (χ0) is 24.7. The van der Waals surface area contributed by atoms with Gasteiger partial charge in [-0.1, -0.05) is 35.9 Å². The third kappa shape index (κ3) is 4.37. The van der Waals surface area contributed by atoms with Gasteiger partial charge in [-0.2, -0.15) is 9.47 Å². The molecule has 8 nitrogen and oxygen atoms in total. The van der Waals surface area contributed by atoms with E-state index in [1.807, 2.05) is 22.9 Å². The minimum absolute atomic E-state index is 0.140. The fraction of sp³-hybridized carbons (Fsp3) is 0.160. The highest BCUT2D eigenvalue weighted by atomic mass is 35.5. The van der Waals surface area contributed by atoms with Gasteiger partial charge in [0.25, 0.3) is 10.0 Å². The van der Waals surface area contributed by atoms with Gasteiger partial charge in [0.1, 0.15) is 6.33 Å². The van der Waals surface area contributed by atoms with Crippen LogP contribution in [-0.4, -0.2) is 34.1 Å². The molecule has 0 atom stereocenters. The van der Waals surface area contributed by atoms with Gasteiger partial charge in [-0.25, -0.2) is 13.4 Å². The van der Waals surface area contributed by atoms with Gasteiger partial charge in [0.05, 0.1) is 23.2 Å². The van der Waals surface area contributed by atoms with Crippen molar-refractivity contribution in [3.63, 3.8) is 0 Å². The van der Waals surface area contributed by atoms with Crippen LogP contribution in [0.15, 0.2) is 72.0 Å². The van der Waals surface area contributed by atoms with Crippen molar-refractivity contribution < 1.29 is 8.42 Å². The maximum atomic E-state index is 12.8. The Labute approximate surface area is 217 Å². The van der Waals surface area contributed by atoms with Crippen molar-refractivity contribution in [3.05, 3.63) is 88.8 Å². The highest BCUT2D eigenvalue weighted by molar-refractivity contribution is 7.93. The number of benzene rings is 3. The van der Waals surface area contributed by atoms with Gasteiger partial charge in [-0.3, -0.25) is 9.40 Å². The number of hydrogen-bond acceptors (Lipinski definition) is 7. The Hall–Kier alpha value is -3.31. The Balaban J connectivity index is 1.36. The van der Waals surface area contributed by atoms with Gasteiger partial charge in [0, 0.05) is 28.5 Å². The summed E-state index contributed by atoms with van der Waals surface area (Å²) in [5.41, 5.74) is 6.87. The summed E-state index contributed by atoms with van der Waals surface area (Å²) in [6.45, 7) is 2.33. The number of rotatable bonds is 6. The molecular weight excluding hydrogens is 516 g/mol. The number of nitrogens with zero attached hydrogens (tertiary/aromatic N) is 4. The molecule has 0 unspecified atom stereocenters. The number of anilines is 1. The summed E-state index contributed by atoms with van der Waals surface area (Å²) in [5.74, 6) is 0. The minimum atomic E-state index is -3.78. The molecule has 2 N–H and O–H groups in total. The van der Waals surface area contributed by atoms with Gasteiger partial charge in [0.15, 0.2) is 0 Å². The SMILES string of the molecule is O=S(=O)(Nc1ncns1)c1ccc2c(cnn2Cc2ccc(Cl)cc2-c2cccc3c2CCNC3)c1. The second-order valence-electron chi connectivity index (χ2n) is 8.55. The monoisotopic (exact) mass is 536 g/mol. The molecule has 6 rings (SSSR count). The predicted molar refractivity (Wildman–Crippen MR) is 142 cm³/mol. The number of aromatic nitrogens is 4. The van der Waals surface area contributed by atoms with Crippen molar-refractivity contribution in [3.8, 4) is 11.1 Å². The zero-order valence-corrected chi connectivity index (χ0v) is 21.4. The van der Waals surface area contributed by atoms with Crippen molar-refractivity contribution >= 4 is 49.2 Å². The predicted octanol–water partition coefficient (Wildman–Crippen LogP) is 4.70. The molecule has 1 aliphatic rings. The van der Waals surface area contributed by atoms with E-state index in [-0.39, 0.29) is 10.0 Å². The standard InChI is InChI=1S/C25H21ClN6O2S2/c26-19-5-4-17(23(11-19)22-3-1-2-16-12-27-9-8-21(16)22)14-32-24-7-6-20(10-18(24)13-29-32)36(33,34)31-25-28-15-30-35-25/h1-7,10-11,13,15,27H,8-9,12,14H2,(H,28,30,31). The van der Waals surface area contributed by atoms with Crippen LogP contribution in [0.4, 0.5) is 5.13 Å². The molecule has 0 saturated carbocycles. The number of fused-ring (bicyclic) bond motifs is 2. The molecule has 0 amide bonds. The van der Waals surface area contributed by atoms with Crippen LogP contribution in [0.3, 0.4) is 0 Å². The van der Waals surface area contributed by atoms with E-state index in [4.69, 9.17) is 11.6 Å². The lowest BCUT2D eigenvalue weighted by atomic mass is 9.89. The van der Waals surface area contributed by atoms with E-state index in [9.17, 15) is 8.42 Å². The van der Waals surface area contributed by atoms with Gasteiger partial charge >= 0.3 is 0 Å². The molecule has 0 spiro atoms. The zero-order valence-electron chi connectivity index (χ0n) is 19.0. The fourth-order valence-corrected chi connectivity index (χ4v) is 6.50. The molecule has 1 aliphatic heterocycles. The van der Waals surface area contributed by atoms with E-state index in [0.29, 0.717) is 11.6 Å². The largest absolute Gasteiger partial charge is 0.312 e. The molecular formula is C25H21ClN6O2S2. The van der Waals surface area contributed by atoms with Gasteiger partial charge in [-0.05, 0) is 71.1 Å². The first-order chi connectivity index (χ1) is 17.5. The first-order valence-electron chi connectivity index (χ1n) is 11.3. The van der Waals surface area contributed by atoms with Crippen molar-refractivity contribution in [2.75, 3.05) is 11.3 Å². The minimum Gasteiger partial charge on any atom is -0.312 e. The van der Waals surface area contributed by atoms with Gasteiger partial charge < -0.3 is 5.32 Å². The number of halogens is 1. The van der Waals surface area contributed by atoms with Crippen molar-refractivity contribution in [1.82, 2.24) is 24.5 Å². The van der Waals surface area contributed by atoms with Crippen molar-refractivity contribution in [2.45, 2.75) is 24.4 Å². The summed E-state index contributed by atoms with van der Waals surface area (Å²) in [5, 5.41) is 9.64. The third-order valence-corrected chi connectivity index (χ3v) is 8.61. The lowest BCUT2D eigenvalue weighted by Gasteiger charge is -2.22. The Morgan fingerprint density at radius 3 is 2.89 bits per heavy atom. The molecule has 182 valence electrons. The quantitative estimate of drug-likeness (QED) is 0.326. The average Bonchev–Trinajstić information content (AvgIpc) is 3.54. The second kappa shape index (κ2) is 9.29. The highest BCUT2D eigenvalue weighted by Gasteiger charge is 2.19. The molecule has 11 heteroatoms. The Morgan fingerprint density at radius 1 is 1.11 bits per heavy atom. The third-order valence-electron chi connectivity index (χ3n) is 6.33. The number of sulfonamides is 1. The topological polar surface area (TPSA) is 102 Å². The normalized spacial score (nSPS) is 13.6. The molecule has 3 aromatic carbocycles. The molecule has 0 bridgehead atoms. The maximum absolute atomic E-state index is 12.8. The van der Waals surface area contributed by atoms with Crippen LogP contribution in [0.2, 0.25) is 5.02 Å². The molecule has 0 fully saturated rings. The van der Waals surface area contributed by atoms with Crippen molar-refractivity contribution in [2.24, 2.45) is 0 Å². The Morgan fingerprint density at radius 2 is 2.03 bits per heavy atom. The van der Waals surface area contributed by atoms with E-state index in [1.165, 1.54) is 23.0 Å². The smallest absolute Gasteiger partial charge is 0.263 e. The highest BCUT2D eigenvalue weighted by Crippen LogP contribution is 2.34. The van der Waals surface area contributed by atoms with Gasteiger partial charge in [-0.15, -0.1) is 0 Å². The summed E-state index contributed by atoms with van der Waals surface area (Å²) in [4.78, 5) is 4.03. The van der Waals surface area contributed by atoms with Crippen LogP contribution in [-0.2, 0) is 29.5 Å². The van der Waals surface area contributed by atoms with E-state index in [1.54, 1.807) is 24.4 Å². The van der Waals surface area contributed by atoms with Gasteiger partial charge in [0.2, 0.25) is 5.13 Å². The molecule has 3 heterocycles.